The highest BCUT2D eigenvalue weighted by Crippen LogP contribution is 2.13. The Kier molecular flexibility index (Phi) is 6.72. The molecule has 5 heteroatoms. The lowest BCUT2D eigenvalue weighted by molar-refractivity contribution is -0.130. The Morgan fingerprint density at radius 3 is 2.72 bits per heavy atom. The second-order valence-corrected chi connectivity index (χ2v) is 4.87. The van der Waals surface area contributed by atoms with Gasteiger partial charge in [0.25, 0.3) is 0 Å². The zero-order valence-corrected chi connectivity index (χ0v) is 11.1. The molecule has 0 saturated carbocycles. The van der Waals surface area contributed by atoms with Crippen molar-refractivity contribution in [1.29, 1.82) is 0 Å². The van der Waals surface area contributed by atoms with Gasteiger partial charge in [-0.3, -0.25) is 9.59 Å². The number of carbonyl (C=O) groups is 2. The van der Waals surface area contributed by atoms with Gasteiger partial charge in [0.15, 0.2) is 0 Å². The number of rotatable bonds is 8. The van der Waals surface area contributed by atoms with E-state index in [1.807, 2.05) is 0 Å². The summed E-state index contributed by atoms with van der Waals surface area (Å²) in [5.41, 5.74) is 5.31. The quantitative estimate of drug-likeness (QED) is 0.635. The minimum atomic E-state index is -0.532. The fraction of sp³-hybridized carbons (Fsp3) is 0.846. The number of hydrogen-bond acceptors (Lipinski definition) is 3. The van der Waals surface area contributed by atoms with E-state index in [9.17, 15) is 9.59 Å². The van der Waals surface area contributed by atoms with Crippen LogP contribution in [0.5, 0.6) is 0 Å². The lowest BCUT2D eigenvalue weighted by Crippen LogP contribution is -2.46. The molecule has 0 aromatic heterocycles. The van der Waals surface area contributed by atoms with Gasteiger partial charge in [-0.1, -0.05) is 32.6 Å². The van der Waals surface area contributed by atoms with Crippen LogP contribution in [-0.2, 0) is 14.3 Å². The Balaban J connectivity index is 2.32. The maximum atomic E-state index is 11.9. The molecule has 0 bridgehead atoms. The summed E-state index contributed by atoms with van der Waals surface area (Å²) in [5.74, 6) is -0.673. The number of nitrogens with one attached hydrogen (secondary N) is 1. The first-order valence-electron chi connectivity index (χ1n) is 6.82. The average Bonchev–Trinajstić information content (AvgIpc) is 2.86. The summed E-state index contributed by atoms with van der Waals surface area (Å²) in [5, 5.41) is 2.74. The Labute approximate surface area is 108 Å². The molecule has 1 aliphatic heterocycles. The number of carbonyl (C=O) groups excluding carboxylic acids is 2. The second-order valence-electron chi connectivity index (χ2n) is 4.87. The van der Waals surface area contributed by atoms with E-state index in [0.717, 1.165) is 32.1 Å². The van der Waals surface area contributed by atoms with Crippen molar-refractivity contribution in [3.63, 3.8) is 0 Å². The molecule has 1 saturated heterocycles. The van der Waals surface area contributed by atoms with E-state index in [2.05, 4.69) is 12.2 Å². The monoisotopic (exact) mass is 256 g/mol. The highest BCUT2D eigenvalue weighted by molar-refractivity contribution is 5.87. The van der Waals surface area contributed by atoms with E-state index in [1.54, 1.807) is 0 Å². The number of amides is 2. The minimum absolute atomic E-state index is 0.105. The standard InChI is InChI=1S/C13H24N2O3/c1-2-3-4-5-6-11(12(14)16)15-13(17)10-7-8-18-9-10/h10-11H,2-9H2,1H3,(H2,14,16)(H,15,17)/t10-,11-/m1/s1. The van der Waals surface area contributed by atoms with Crippen LogP contribution in [0.3, 0.4) is 0 Å². The topological polar surface area (TPSA) is 81.4 Å². The predicted octanol–water partition coefficient (Wildman–Crippen LogP) is 0.963. The minimum Gasteiger partial charge on any atom is -0.381 e. The smallest absolute Gasteiger partial charge is 0.239 e. The highest BCUT2D eigenvalue weighted by atomic mass is 16.5. The molecule has 1 aliphatic rings. The van der Waals surface area contributed by atoms with Gasteiger partial charge in [-0.2, -0.15) is 0 Å². The first-order chi connectivity index (χ1) is 8.65. The number of ether oxygens (including phenoxy) is 1. The molecule has 0 aliphatic carbocycles. The van der Waals surface area contributed by atoms with E-state index in [4.69, 9.17) is 10.5 Å². The molecular formula is C13H24N2O3. The molecule has 1 heterocycles. The summed E-state index contributed by atoms with van der Waals surface area (Å²) < 4.78 is 5.16. The van der Waals surface area contributed by atoms with E-state index in [1.165, 1.54) is 0 Å². The molecule has 1 rings (SSSR count). The molecule has 0 unspecified atom stereocenters. The van der Waals surface area contributed by atoms with E-state index in [-0.39, 0.29) is 11.8 Å². The largest absolute Gasteiger partial charge is 0.381 e. The summed E-state index contributed by atoms with van der Waals surface area (Å²) in [6, 6.07) is -0.532. The van der Waals surface area contributed by atoms with Crippen molar-refractivity contribution < 1.29 is 14.3 Å². The maximum absolute atomic E-state index is 11.9. The molecule has 0 aromatic carbocycles. The molecular weight excluding hydrogens is 232 g/mol. The van der Waals surface area contributed by atoms with Gasteiger partial charge < -0.3 is 15.8 Å². The molecule has 2 amide bonds. The van der Waals surface area contributed by atoms with Gasteiger partial charge in [-0.05, 0) is 12.8 Å². The molecule has 104 valence electrons. The van der Waals surface area contributed by atoms with Crippen molar-refractivity contribution in [2.45, 2.75) is 51.5 Å². The highest BCUT2D eigenvalue weighted by Gasteiger charge is 2.26. The van der Waals surface area contributed by atoms with Gasteiger partial charge in [0, 0.05) is 6.61 Å². The molecule has 0 aromatic rings. The van der Waals surface area contributed by atoms with Crippen LogP contribution in [-0.4, -0.2) is 31.1 Å². The van der Waals surface area contributed by atoms with Gasteiger partial charge in [-0.25, -0.2) is 0 Å². The van der Waals surface area contributed by atoms with Crippen LogP contribution < -0.4 is 11.1 Å². The van der Waals surface area contributed by atoms with Crippen LogP contribution in [0.15, 0.2) is 0 Å². The third kappa shape index (κ3) is 5.04. The van der Waals surface area contributed by atoms with Gasteiger partial charge in [-0.15, -0.1) is 0 Å². The van der Waals surface area contributed by atoms with Crippen molar-refractivity contribution in [2.75, 3.05) is 13.2 Å². The average molecular weight is 256 g/mol. The number of unbranched alkanes of at least 4 members (excludes halogenated alkanes) is 3. The van der Waals surface area contributed by atoms with Crippen LogP contribution in [0.2, 0.25) is 0 Å². The van der Waals surface area contributed by atoms with Crippen LogP contribution >= 0.6 is 0 Å². The van der Waals surface area contributed by atoms with Gasteiger partial charge in [0.05, 0.1) is 12.5 Å². The predicted molar refractivity (Wildman–Crippen MR) is 68.8 cm³/mol. The van der Waals surface area contributed by atoms with E-state index in [0.29, 0.717) is 19.6 Å². The van der Waals surface area contributed by atoms with Crippen LogP contribution in [0.4, 0.5) is 0 Å². The molecule has 0 radical (unpaired) electrons. The number of hydrogen-bond donors (Lipinski definition) is 2. The second kappa shape index (κ2) is 8.08. The molecule has 1 fully saturated rings. The first kappa shape index (κ1) is 15.0. The van der Waals surface area contributed by atoms with Crippen molar-refractivity contribution in [1.82, 2.24) is 5.32 Å². The molecule has 5 nitrogen and oxygen atoms in total. The number of nitrogens with two attached hydrogens (primary N) is 1. The fourth-order valence-electron chi connectivity index (χ4n) is 2.09. The van der Waals surface area contributed by atoms with Crippen molar-refractivity contribution >= 4 is 11.8 Å². The van der Waals surface area contributed by atoms with E-state index < -0.39 is 11.9 Å². The third-order valence-corrected chi connectivity index (χ3v) is 3.31. The Morgan fingerprint density at radius 2 is 2.17 bits per heavy atom. The van der Waals surface area contributed by atoms with E-state index >= 15 is 0 Å². The Hall–Kier alpha value is -1.10. The summed E-state index contributed by atoms with van der Waals surface area (Å²) in [7, 11) is 0. The fourth-order valence-corrected chi connectivity index (χ4v) is 2.09. The molecule has 3 N–H and O–H groups in total. The Morgan fingerprint density at radius 1 is 1.39 bits per heavy atom. The summed E-state index contributed by atoms with van der Waals surface area (Å²) in [6.45, 7) is 3.20. The van der Waals surface area contributed by atoms with Gasteiger partial charge >= 0.3 is 0 Å². The van der Waals surface area contributed by atoms with Gasteiger partial charge in [0.1, 0.15) is 6.04 Å². The first-order valence-corrected chi connectivity index (χ1v) is 6.82. The molecule has 0 spiro atoms. The summed E-state index contributed by atoms with van der Waals surface area (Å²) in [6.07, 6.45) is 5.65. The third-order valence-electron chi connectivity index (χ3n) is 3.31. The summed E-state index contributed by atoms with van der Waals surface area (Å²) >= 11 is 0. The zero-order chi connectivity index (χ0) is 13.4. The van der Waals surface area contributed by atoms with Crippen LogP contribution in [0.1, 0.15) is 45.4 Å². The van der Waals surface area contributed by atoms with Crippen molar-refractivity contribution in [2.24, 2.45) is 11.7 Å². The normalized spacial score (nSPS) is 20.6. The zero-order valence-electron chi connectivity index (χ0n) is 11.1. The number of primary amides is 1. The Bertz CT molecular complexity index is 275. The lowest BCUT2D eigenvalue weighted by atomic mass is 10.0. The molecule has 18 heavy (non-hydrogen) atoms. The van der Waals surface area contributed by atoms with Crippen LogP contribution in [0.25, 0.3) is 0 Å². The van der Waals surface area contributed by atoms with Gasteiger partial charge in [0.2, 0.25) is 11.8 Å². The molecule has 2 atom stereocenters. The summed E-state index contributed by atoms with van der Waals surface area (Å²) in [4.78, 5) is 23.1. The maximum Gasteiger partial charge on any atom is 0.239 e. The van der Waals surface area contributed by atoms with Crippen molar-refractivity contribution in [3.8, 4) is 0 Å². The lowest BCUT2D eigenvalue weighted by Gasteiger charge is -2.17. The van der Waals surface area contributed by atoms with Crippen LogP contribution in [0, 0.1) is 5.92 Å². The van der Waals surface area contributed by atoms with Crippen molar-refractivity contribution in [3.05, 3.63) is 0 Å². The SMILES string of the molecule is CCCCCC[C@@H](NC(=O)[C@@H]1CCOC1)C(N)=O.